The molecule has 0 saturated heterocycles. The second kappa shape index (κ2) is 6.49. The Bertz CT molecular complexity index is 600. The van der Waals surface area contributed by atoms with E-state index in [2.05, 4.69) is 47.6 Å². The normalized spacial score (nSPS) is 20.3. The highest BCUT2D eigenvalue weighted by molar-refractivity contribution is 6.00. The lowest BCUT2D eigenvalue weighted by molar-refractivity contribution is 0.0559. The van der Waals surface area contributed by atoms with Crippen LogP contribution in [0.3, 0.4) is 0 Å². The van der Waals surface area contributed by atoms with E-state index >= 15 is 0 Å². The molecule has 1 heterocycles. The van der Waals surface area contributed by atoms with Gasteiger partial charge in [0.2, 0.25) is 10.5 Å². The zero-order chi connectivity index (χ0) is 16.5. The van der Waals surface area contributed by atoms with Crippen molar-refractivity contribution in [3.63, 3.8) is 0 Å². The molecule has 1 aliphatic heterocycles. The predicted octanol–water partition coefficient (Wildman–Crippen LogP) is 4.10. The first-order valence-corrected chi connectivity index (χ1v) is 9.09. The van der Waals surface area contributed by atoms with Crippen molar-refractivity contribution in [3.8, 4) is 11.5 Å². The number of ether oxygens (including phenoxy) is 1. The van der Waals surface area contributed by atoms with Crippen LogP contribution in [-0.4, -0.2) is 16.1 Å². The summed E-state index contributed by atoms with van der Waals surface area (Å²) in [5.74, 6) is 2.20. The van der Waals surface area contributed by atoms with Gasteiger partial charge in [-0.15, -0.1) is 0 Å². The van der Waals surface area contributed by atoms with E-state index in [4.69, 9.17) is 9.16 Å². The quantitative estimate of drug-likeness (QED) is 0.614. The Hall–Kier alpha value is -1.22. The van der Waals surface area contributed by atoms with Crippen LogP contribution in [0.15, 0.2) is 11.6 Å². The van der Waals surface area contributed by atoms with Crippen LogP contribution < -0.4 is 9.16 Å². The van der Waals surface area contributed by atoms with Crippen LogP contribution in [0.5, 0.6) is 11.5 Å². The van der Waals surface area contributed by atoms with Gasteiger partial charge in [0.05, 0.1) is 0 Å². The zero-order valence-corrected chi connectivity index (χ0v) is 17.2. The van der Waals surface area contributed by atoms with Crippen LogP contribution in [0.4, 0.5) is 0 Å². The molecule has 22 heavy (non-hydrogen) atoms. The topological polar surface area (TPSA) is 18.5 Å². The molecule has 1 atom stereocenters. The molecule has 2 nitrogen and oxygen atoms in total. The summed E-state index contributed by atoms with van der Waals surface area (Å²) in [6.07, 6.45) is 6.65. The number of rotatable bonds is 4. The molecule has 1 unspecified atom stereocenters. The average Bonchev–Trinajstić information content (AvgIpc) is 2.45. The Labute approximate surface area is 138 Å². The van der Waals surface area contributed by atoms with Crippen molar-refractivity contribution in [2.24, 2.45) is 0 Å². The summed E-state index contributed by atoms with van der Waals surface area (Å²) in [5, 5.41) is 0. The second-order valence-corrected chi connectivity index (χ2v) is 7.50. The monoisotopic (exact) mass is 318 g/mol. The van der Waals surface area contributed by atoms with Gasteiger partial charge in [-0.05, 0) is 83.9 Å². The minimum atomic E-state index is -0.0497. The summed E-state index contributed by atoms with van der Waals surface area (Å²) >= 11 is 0. The maximum absolute atomic E-state index is 6.52. The fourth-order valence-corrected chi connectivity index (χ4v) is 4.04. The molecule has 0 aliphatic carbocycles. The Kier molecular flexibility index (Phi) is 5.06. The number of allylic oxidation sites excluding steroid dienone is 2. The van der Waals surface area contributed by atoms with E-state index in [-0.39, 0.29) is 5.60 Å². The standard InChI is InChI=1S/C19H30O2Si/c1-12(2)8-7-10-19(6)11-9-16-15(5)17(21-22)13(3)14(4)18(16)20-19/h8H,7,9-11H2,1-6,22H3. The minimum Gasteiger partial charge on any atom is -0.553 e. The molecular formula is C19H30O2Si. The third-order valence-electron chi connectivity index (χ3n) is 4.99. The minimum absolute atomic E-state index is 0.0497. The van der Waals surface area contributed by atoms with Crippen LogP contribution in [0.1, 0.15) is 62.3 Å². The van der Waals surface area contributed by atoms with Crippen LogP contribution in [0, 0.1) is 20.8 Å². The molecule has 0 aromatic heterocycles. The highest BCUT2D eigenvalue weighted by Crippen LogP contribution is 2.44. The van der Waals surface area contributed by atoms with Crippen molar-refractivity contribution in [2.75, 3.05) is 0 Å². The second-order valence-electron chi connectivity index (χ2n) is 7.09. The molecule has 0 radical (unpaired) electrons. The number of fused-ring (bicyclic) bond motifs is 1. The van der Waals surface area contributed by atoms with E-state index in [0.717, 1.165) is 47.7 Å². The van der Waals surface area contributed by atoms with Crippen molar-refractivity contribution >= 4 is 10.5 Å². The van der Waals surface area contributed by atoms with E-state index in [1.54, 1.807) is 0 Å². The summed E-state index contributed by atoms with van der Waals surface area (Å²) in [5.41, 5.74) is 6.45. The van der Waals surface area contributed by atoms with Crippen molar-refractivity contribution in [1.82, 2.24) is 0 Å². The number of hydrogen-bond acceptors (Lipinski definition) is 2. The summed E-state index contributed by atoms with van der Waals surface area (Å²) in [6.45, 7) is 13.1. The molecule has 1 aromatic rings. The largest absolute Gasteiger partial charge is 0.553 e. The van der Waals surface area contributed by atoms with Gasteiger partial charge in [-0.25, -0.2) is 0 Å². The average molecular weight is 319 g/mol. The molecular weight excluding hydrogens is 288 g/mol. The third kappa shape index (κ3) is 3.24. The van der Waals surface area contributed by atoms with Crippen LogP contribution in [0.25, 0.3) is 0 Å². The predicted molar refractivity (Wildman–Crippen MR) is 97.2 cm³/mol. The van der Waals surface area contributed by atoms with Crippen LogP contribution >= 0.6 is 0 Å². The molecule has 1 aliphatic rings. The fourth-order valence-electron chi connectivity index (χ4n) is 3.43. The summed E-state index contributed by atoms with van der Waals surface area (Å²) < 4.78 is 12.3. The smallest absolute Gasteiger partial charge is 0.204 e. The molecule has 1 aromatic carbocycles. The molecule has 122 valence electrons. The SMILES string of the molecule is CC(C)=CCCC1(C)CCc2c(C)c(O[SiH3])c(C)c(C)c2O1. The summed E-state index contributed by atoms with van der Waals surface area (Å²) in [6, 6.07) is 0. The van der Waals surface area contributed by atoms with Gasteiger partial charge in [-0.2, -0.15) is 0 Å². The molecule has 0 fully saturated rings. The molecule has 0 N–H and O–H groups in total. The van der Waals surface area contributed by atoms with Crippen LogP contribution in [0.2, 0.25) is 0 Å². The van der Waals surface area contributed by atoms with Crippen molar-refractivity contribution < 1.29 is 9.16 Å². The molecule has 3 heteroatoms. The first kappa shape index (κ1) is 17.1. The van der Waals surface area contributed by atoms with E-state index in [1.807, 2.05) is 0 Å². The van der Waals surface area contributed by atoms with Gasteiger partial charge in [0.1, 0.15) is 17.1 Å². The highest BCUT2D eigenvalue weighted by Gasteiger charge is 2.34. The van der Waals surface area contributed by atoms with Gasteiger partial charge in [0.15, 0.2) is 0 Å². The van der Waals surface area contributed by atoms with E-state index in [0.29, 0.717) is 0 Å². The summed E-state index contributed by atoms with van der Waals surface area (Å²) in [7, 11) is 0.732. The number of benzene rings is 1. The van der Waals surface area contributed by atoms with Crippen molar-refractivity contribution in [1.29, 1.82) is 0 Å². The van der Waals surface area contributed by atoms with Gasteiger partial charge >= 0.3 is 0 Å². The van der Waals surface area contributed by atoms with E-state index in [9.17, 15) is 0 Å². The lowest BCUT2D eigenvalue weighted by Crippen LogP contribution is -2.37. The third-order valence-corrected chi connectivity index (χ3v) is 5.40. The van der Waals surface area contributed by atoms with Gasteiger partial charge < -0.3 is 9.16 Å². The highest BCUT2D eigenvalue weighted by atomic mass is 28.2. The van der Waals surface area contributed by atoms with Gasteiger partial charge in [0, 0.05) is 5.56 Å². The zero-order valence-electron chi connectivity index (χ0n) is 15.2. The van der Waals surface area contributed by atoms with E-state index in [1.165, 1.54) is 27.8 Å². The molecule has 0 spiro atoms. The van der Waals surface area contributed by atoms with Gasteiger partial charge in [-0.3, -0.25) is 0 Å². The van der Waals surface area contributed by atoms with Gasteiger partial charge in [-0.1, -0.05) is 11.6 Å². The van der Waals surface area contributed by atoms with Crippen molar-refractivity contribution in [3.05, 3.63) is 33.9 Å². The van der Waals surface area contributed by atoms with E-state index < -0.39 is 0 Å². The molecule has 2 rings (SSSR count). The van der Waals surface area contributed by atoms with Gasteiger partial charge in [0.25, 0.3) is 0 Å². The fraction of sp³-hybridized carbons (Fsp3) is 0.579. The molecule has 0 saturated carbocycles. The number of hydrogen-bond donors (Lipinski definition) is 0. The molecule has 0 bridgehead atoms. The molecule has 0 amide bonds. The Morgan fingerprint density at radius 1 is 1.23 bits per heavy atom. The Morgan fingerprint density at radius 3 is 2.50 bits per heavy atom. The maximum atomic E-state index is 6.52. The summed E-state index contributed by atoms with van der Waals surface area (Å²) in [4.78, 5) is 0. The maximum Gasteiger partial charge on any atom is 0.204 e. The Morgan fingerprint density at radius 2 is 1.91 bits per heavy atom. The first-order valence-electron chi connectivity index (χ1n) is 8.28. The Balaban J connectivity index is 2.32. The first-order chi connectivity index (χ1) is 10.3. The van der Waals surface area contributed by atoms with Crippen molar-refractivity contribution in [2.45, 2.75) is 72.8 Å². The lowest BCUT2D eigenvalue weighted by atomic mass is 9.85. The lowest BCUT2D eigenvalue weighted by Gasteiger charge is -2.38. The van der Waals surface area contributed by atoms with Crippen LogP contribution in [-0.2, 0) is 6.42 Å².